The van der Waals surface area contributed by atoms with Crippen molar-refractivity contribution in [2.24, 2.45) is 0 Å². The maximum Gasteiger partial charge on any atom is 0.503 e. The highest BCUT2D eigenvalue weighted by atomic mass is 32.2. The summed E-state index contributed by atoms with van der Waals surface area (Å²) in [5.74, 6) is 0. The molecule has 204 valence electrons. The minimum atomic E-state index is -5.59. The van der Waals surface area contributed by atoms with Crippen molar-refractivity contribution in [1.29, 1.82) is 9.56 Å². The molecule has 0 saturated heterocycles. The smallest absolute Gasteiger partial charge is 0.503 e. The van der Waals surface area contributed by atoms with Gasteiger partial charge in [0.15, 0.2) is 0 Å². The van der Waals surface area contributed by atoms with E-state index in [4.69, 9.17) is 14.1 Å². The van der Waals surface area contributed by atoms with Gasteiger partial charge in [0, 0.05) is 0 Å². The van der Waals surface area contributed by atoms with Gasteiger partial charge in [0.05, 0.1) is 36.2 Å². The largest absolute Gasteiger partial charge is 0.758 e. The maximum atomic E-state index is 10.8. The van der Waals surface area contributed by atoms with E-state index in [9.17, 15) is 39.3 Å². The van der Waals surface area contributed by atoms with E-state index in [2.05, 4.69) is 27.7 Å². The fraction of sp³-hybridized carbons (Fsp3) is 1.00. The lowest BCUT2D eigenvalue weighted by Gasteiger charge is -2.39. The van der Waals surface area contributed by atoms with Crippen molar-refractivity contribution in [2.75, 3.05) is 26.2 Å². The number of rotatable bonds is 12. The molecule has 0 bridgehead atoms. The second-order valence-corrected chi connectivity index (χ2v) is 10.6. The minimum absolute atomic E-state index is 1.35. The third-order valence-electron chi connectivity index (χ3n) is 4.56. The molecule has 0 aliphatic rings. The lowest BCUT2D eigenvalue weighted by molar-refractivity contribution is -0.929. The van der Waals surface area contributed by atoms with Crippen LogP contribution in [0.4, 0.5) is 26.3 Å². The SMILES string of the molecule is CCCC[N+](CCCC)(CCCC)CCCC.N=S(=O)(O)C(F)(F)F.N=S(=O)([O-])C(F)(F)F. The van der Waals surface area contributed by atoms with Crippen molar-refractivity contribution < 1.29 is 48.3 Å². The molecule has 0 fully saturated rings. The maximum absolute atomic E-state index is 10.8. The first-order valence-corrected chi connectivity index (χ1v) is 13.7. The summed E-state index contributed by atoms with van der Waals surface area (Å²) in [6.45, 7) is 15.0. The second-order valence-electron chi connectivity index (χ2n) is 7.57. The minimum Gasteiger partial charge on any atom is -0.758 e. The molecular formula is C18H39F6N3O4S2. The summed E-state index contributed by atoms with van der Waals surface area (Å²) in [6.07, 6.45) is 11.1. The molecule has 0 aromatic heterocycles. The van der Waals surface area contributed by atoms with Crippen LogP contribution in [0.1, 0.15) is 79.1 Å². The van der Waals surface area contributed by atoms with Crippen molar-refractivity contribution in [1.82, 2.24) is 0 Å². The van der Waals surface area contributed by atoms with E-state index in [1.807, 2.05) is 0 Å². The first-order chi connectivity index (χ1) is 14.7. The zero-order valence-electron chi connectivity index (χ0n) is 19.7. The van der Waals surface area contributed by atoms with Crippen molar-refractivity contribution in [3.63, 3.8) is 0 Å². The van der Waals surface area contributed by atoms with Gasteiger partial charge in [-0.05, 0) is 25.7 Å². The lowest BCUT2D eigenvalue weighted by Crippen LogP contribution is -2.50. The van der Waals surface area contributed by atoms with Gasteiger partial charge in [0.2, 0.25) is 0 Å². The van der Waals surface area contributed by atoms with E-state index in [1.165, 1.54) is 82.0 Å². The van der Waals surface area contributed by atoms with Gasteiger partial charge < -0.3 is 9.04 Å². The molecule has 0 saturated carbocycles. The van der Waals surface area contributed by atoms with Crippen LogP contribution in [0.25, 0.3) is 0 Å². The van der Waals surface area contributed by atoms with Crippen molar-refractivity contribution in [3.05, 3.63) is 0 Å². The van der Waals surface area contributed by atoms with E-state index < -0.39 is 31.0 Å². The molecule has 2 atom stereocenters. The fourth-order valence-corrected chi connectivity index (χ4v) is 2.64. The van der Waals surface area contributed by atoms with E-state index >= 15 is 0 Å². The van der Waals surface area contributed by atoms with Crippen molar-refractivity contribution in [2.45, 2.75) is 90.1 Å². The van der Waals surface area contributed by atoms with Gasteiger partial charge in [-0.2, -0.15) is 26.3 Å². The molecule has 7 nitrogen and oxygen atoms in total. The summed E-state index contributed by atoms with van der Waals surface area (Å²) in [5, 5.41) is 0. The van der Waals surface area contributed by atoms with Gasteiger partial charge in [-0.15, -0.1) is 0 Å². The van der Waals surface area contributed by atoms with Crippen LogP contribution in [0, 0.1) is 9.56 Å². The Bertz CT molecular complexity index is 617. The van der Waals surface area contributed by atoms with Gasteiger partial charge >= 0.3 is 11.0 Å². The predicted molar refractivity (Wildman–Crippen MR) is 117 cm³/mol. The second kappa shape index (κ2) is 16.9. The molecule has 0 amide bonds. The van der Waals surface area contributed by atoms with E-state index in [1.54, 1.807) is 0 Å². The predicted octanol–water partition coefficient (Wildman–Crippen LogP) is 6.71. The van der Waals surface area contributed by atoms with Crippen LogP contribution in [0.2, 0.25) is 0 Å². The third kappa shape index (κ3) is 19.4. The molecule has 3 N–H and O–H groups in total. The zero-order chi connectivity index (χ0) is 27.0. The number of halogens is 6. The van der Waals surface area contributed by atoms with E-state index in [0.29, 0.717) is 0 Å². The Hall–Kier alpha value is -0.640. The Morgan fingerprint density at radius 2 is 0.879 bits per heavy atom. The molecule has 0 radical (unpaired) electrons. The number of hydrogen-bond donors (Lipinski definition) is 3. The Labute approximate surface area is 194 Å². The molecule has 33 heavy (non-hydrogen) atoms. The molecule has 2 unspecified atom stereocenters. The Morgan fingerprint density at radius 1 is 0.697 bits per heavy atom. The Morgan fingerprint density at radius 3 is 0.970 bits per heavy atom. The third-order valence-corrected chi connectivity index (χ3v) is 5.80. The molecule has 0 aromatic rings. The van der Waals surface area contributed by atoms with Gasteiger partial charge in [-0.25, -0.2) is 8.99 Å². The van der Waals surface area contributed by atoms with Crippen LogP contribution in [0.15, 0.2) is 0 Å². The van der Waals surface area contributed by atoms with Crippen LogP contribution in [0.3, 0.4) is 0 Å². The highest BCUT2D eigenvalue weighted by Crippen LogP contribution is 2.22. The highest BCUT2D eigenvalue weighted by molar-refractivity contribution is 7.87. The molecule has 0 heterocycles. The van der Waals surface area contributed by atoms with E-state index in [0.717, 1.165) is 0 Å². The molecule has 15 heteroatoms. The van der Waals surface area contributed by atoms with Crippen LogP contribution in [0.5, 0.6) is 0 Å². The topological polar surface area (TPSA) is 125 Å². The van der Waals surface area contributed by atoms with Crippen LogP contribution >= 0.6 is 0 Å². The summed E-state index contributed by atoms with van der Waals surface area (Å²) in [4.78, 5) is 0. The quantitative estimate of drug-likeness (QED) is 0.188. The summed E-state index contributed by atoms with van der Waals surface area (Å²) in [6, 6.07) is 0. The monoisotopic (exact) mass is 539 g/mol. The Kier molecular flexibility index (Phi) is 18.9. The normalized spacial score (nSPS) is 15.9. The van der Waals surface area contributed by atoms with Gasteiger partial charge in [-0.3, -0.25) is 13.5 Å². The van der Waals surface area contributed by atoms with Crippen LogP contribution in [-0.4, -0.2) is 59.2 Å². The number of unbranched alkanes of at least 4 members (excludes halogenated alkanes) is 4. The van der Waals surface area contributed by atoms with Gasteiger partial charge in [0.25, 0.3) is 10.0 Å². The van der Waals surface area contributed by atoms with Crippen molar-refractivity contribution in [3.8, 4) is 0 Å². The van der Waals surface area contributed by atoms with Crippen molar-refractivity contribution >= 4 is 20.0 Å². The van der Waals surface area contributed by atoms with Crippen LogP contribution < -0.4 is 0 Å². The number of nitrogens with one attached hydrogen (secondary N) is 2. The van der Waals surface area contributed by atoms with E-state index in [-0.39, 0.29) is 0 Å². The number of hydrogen-bond acceptors (Lipinski definition) is 5. The van der Waals surface area contributed by atoms with Gasteiger partial charge in [-0.1, -0.05) is 53.4 Å². The highest BCUT2D eigenvalue weighted by Gasteiger charge is 2.40. The summed E-state index contributed by atoms with van der Waals surface area (Å²) in [5.41, 5.74) is -10.7. The number of alkyl halides is 6. The molecule has 0 rings (SSSR count). The summed E-state index contributed by atoms with van der Waals surface area (Å²) in [7, 11) is -10.9. The number of quaternary nitrogens is 1. The van der Waals surface area contributed by atoms with Crippen LogP contribution in [-0.2, 0) is 20.0 Å². The first kappa shape index (κ1) is 36.9. The molecule has 0 aliphatic heterocycles. The zero-order valence-corrected chi connectivity index (χ0v) is 21.3. The first-order valence-electron chi connectivity index (χ1n) is 10.7. The standard InChI is InChI=1S/C16H36N.2CH2F3NO2S/c1-5-9-13-17(14-10-6-2,15-11-7-3)16-12-8-4;2*2-1(3,4)8(5,6)7/h5-16H2,1-4H3;2*(H2,5,6,7)/q+1;;/p-1. The summed E-state index contributed by atoms with van der Waals surface area (Å²) >= 11 is 0. The lowest BCUT2D eigenvalue weighted by atomic mass is 10.1. The number of nitrogens with zero attached hydrogens (tertiary/aromatic N) is 1. The molecule has 0 aromatic carbocycles. The molecule has 0 spiro atoms. The average molecular weight is 540 g/mol. The fourth-order valence-electron chi connectivity index (χ4n) is 2.64. The molecular weight excluding hydrogens is 500 g/mol. The van der Waals surface area contributed by atoms with Gasteiger partial charge in [0.1, 0.15) is 0 Å². The average Bonchev–Trinajstić information content (AvgIpc) is 2.65. The molecule has 0 aliphatic carbocycles. The summed E-state index contributed by atoms with van der Waals surface area (Å²) < 4.78 is 112. The Balaban J connectivity index is -0.000000468.